The van der Waals surface area contributed by atoms with Gasteiger partial charge in [0, 0.05) is 13.5 Å². The molecular weight excluding hydrogens is 258 g/mol. The second-order valence-corrected chi connectivity index (χ2v) is 4.31. The molecule has 1 aliphatic rings. The molecule has 1 unspecified atom stereocenters. The summed E-state index contributed by atoms with van der Waals surface area (Å²) < 4.78 is 0. The molecule has 18 heavy (non-hydrogen) atoms. The highest BCUT2D eigenvalue weighted by molar-refractivity contribution is 6.28. The lowest BCUT2D eigenvalue weighted by Gasteiger charge is -2.28. The number of likely N-dealkylation sites (tertiary alicyclic amines) is 1. The second kappa shape index (κ2) is 4.77. The summed E-state index contributed by atoms with van der Waals surface area (Å²) >= 11 is 5.66. The summed E-state index contributed by atoms with van der Waals surface area (Å²) in [6, 6.07) is -0.527. The molecule has 0 aromatic carbocycles. The lowest BCUT2D eigenvalue weighted by molar-refractivity contribution is -0.146. The molecule has 0 aliphatic carbocycles. The van der Waals surface area contributed by atoms with Crippen LogP contribution < -0.4 is 11.1 Å². The highest BCUT2D eigenvalue weighted by atomic mass is 35.5. The minimum atomic E-state index is -0.527. The fourth-order valence-electron chi connectivity index (χ4n) is 1.70. The number of piperidine rings is 1. The van der Waals surface area contributed by atoms with Crippen molar-refractivity contribution < 1.29 is 9.59 Å². The molecule has 0 radical (unpaired) electrons. The molecule has 1 aromatic heterocycles. The topological polar surface area (TPSA) is 101 Å². The number of nitrogens with zero attached hydrogens (tertiary/aromatic N) is 3. The van der Waals surface area contributed by atoms with Gasteiger partial charge in [-0.05, 0) is 18.0 Å². The molecule has 8 heteroatoms. The first kappa shape index (κ1) is 12.6. The number of imide groups is 1. The van der Waals surface area contributed by atoms with E-state index < -0.39 is 6.04 Å². The SMILES string of the molecule is CN1C(=O)CCC(Nc2nc(Cl)ncc2N)C1=O. The summed E-state index contributed by atoms with van der Waals surface area (Å²) in [5.74, 6) is -0.191. The number of hydrogen-bond donors (Lipinski definition) is 2. The van der Waals surface area contributed by atoms with Gasteiger partial charge in [-0.2, -0.15) is 4.98 Å². The molecule has 0 bridgehead atoms. The number of halogens is 1. The molecule has 1 fully saturated rings. The molecule has 3 N–H and O–H groups in total. The van der Waals surface area contributed by atoms with Crippen molar-refractivity contribution in [3.05, 3.63) is 11.5 Å². The van der Waals surface area contributed by atoms with Gasteiger partial charge in [-0.1, -0.05) is 0 Å². The fourth-order valence-corrected chi connectivity index (χ4v) is 1.83. The number of anilines is 2. The maximum atomic E-state index is 11.9. The minimum Gasteiger partial charge on any atom is -0.394 e. The maximum absolute atomic E-state index is 11.9. The Morgan fingerprint density at radius 1 is 1.56 bits per heavy atom. The molecule has 0 spiro atoms. The number of nitrogens with two attached hydrogens (primary N) is 1. The standard InChI is InChI=1S/C10H12ClN5O2/c1-16-7(17)3-2-6(9(16)18)14-8-5(12)4-13-10(11)15-8/h4,6H,2-3,12H2,1H3,(H,13,14,15). The van der Waals surface area contributed by atoms with Crippen LogP contribution in [0.1, 0.15) is 12.8 Å². The summed E-state index contributed by atoms with van der Waals surface area (Å²) in [7, 11) is 1.45. The van der Waals surface area contributed by atoms with Crippen LogP contribution in [0, 0.1) is 0 Å². The predicted molar refractivity (Wildman–Crippen MR) is 65.9 cm³/mol. The van der Waals surface area contributed by atoms with Gasteiger partial charge in [-0.15, -0.1) is 0 Å². The number of nitrogen functional groups attached to an aromatic ring is 1. The number of carbonyl (C=O) groups is 2. The van der Waals surface area contributed by atoms with Crippen molar-refractivity contribution in [1.29, 1.82) is 0 Å². The number of hydrogen-bond acceptors (Lipinski definition) is 6. The molecule has 2 amide bonds. The van der Waals surface area contributed by atoms with E-state index in [4.69, 9.17) is 17.3 Å². The van der Waals surface area contributed by atoms with Gasteiger partial charge < -0.3 is 11.1 Å². The van der Waals surface area contributed by atoms with Crippen molar-refractivity contribution >= 4 is 34.9 Å². The third-order valence-corrected chi connectivity index (χ3v) is 2.93. The molecule has 1 aromatic rings. The third kappa shape index (κ3) is 2.35. The molecule has 1 atom stereocenters. The number of aromatic nitrogens is 2. The molecule has 7 nitrogen and oxygen atoms in total. The van der Waals surface area contributed by atoms with Crippen LogP contribution >= 0.6 is 11.6 Å². The molecule has 1 saturated heterocycles. The van der Waals surface area contributed by atoms with Crippen molar-refractivity contribution in [1.82, 2.24) is 14.9 Å². The van der Waals surface area contributed by atoms with Gasteiger partial charge in [-0.25, -0.2) is 4.98 Å². The van der Waals surface area contributed by atoms with Crippen LogP contribution in [0.3, 0.4) is 0 Å². The first-order valence-electron chi connectivity index (χ1n) is 5.34. The molecule has 1 aliphatic heterocycles. The van der Waals surface area contributed by atoms with E-state index in [2.05, 4.69) is 15.3 Å². The molecule has 2 heterocycles. The van der Waals surface area contributed by atoms with Gasteiger partial charge in [-0.3, -0.25) is 14.5 Å². The van der Waals surface area contributed by atoms with E-state index >= 15 is 0 Å². The lowest BCUT2D eigenvalue weighted by atomic mass is 10.0. The molecule has 0 saturated carbocycles. The number of likely N-dealkylation sites (N-methyl/N-ethyl adjacent to an activating group) is 1. The average molecular weight is 270 g/mol. The Morgan fingerprint density at radius 3 is 3.00 bits per heavy atom. The van der Waals surface area contributed by atoms with Gasteiger partial charge in [0.1, 0.15) is 6.04 Å². The third-order valence-electron chi connectivity index (χ3n) is 2.75. The fraction of sp³-hybridized carbons (Fsp3) is 0.400. The van der Waals surface area contributed by atoms with Gasteiger partial charge in [0.25, 0.3) is 5.91 Å². The van der Waals surface area contributed by atoms with E-state index in [0.29, 0.717) is 24.3 Å². The Morgan fingerprint density at radius 2 is 2.28 bits per heavy atom. The predicted octanol–water partition coefficient (Wildman–Crippen LogP) is 0.271. The van der Waals surface area contributed by atoms with Gasteiger partial charge in [0.05, 0.1) is 11.9 Å². The Kier molecular flexibility index (Phi) is 3.33. The van der Waals surface area contributed by atoms with Crippen molar-refractivity contribution in [2.45, 2.75) is 18.9 Å². The zero-order chi connectivity index (χ0) is 13.3. The second-order valence-electron chi connectivity index (χ2n) is 3.97. The van der Waals surface area contributed by atoms with Crippen LogP contribution in [-0.4, -0.2) is 39.8 Å². The normalized spacial score (nSPS) is 20.1. The van der Waals surface area contributed by atoms with Crippen molar-refractivity contribution in [3.8, 4) is 0 Å². The number of carbonyl (C=O) groups excluding carboxylic acids is 2. The van der Waals surface area contributed by atoms with Crippen LogP contribution in [-0.2, 0) is 9.59 Å². The van der Waals surface area contributed by atoms with Crippen molar-refractivity contribution in [3.63, 3.8) is 0 Å². The number of rotatable bonds is 2. The maximum Gasteiger partial charge on any atom is 0.251 e. The average Bonchev–Trinajstić information content (AvgIpc) is 2.34. The van der Waals surface area contributed by atoms with Crippen LogP contribution in [0.2, 0.25) is 5.28 Å². The molecule has 96 valence electrons. The van der Waals surface area contributed by atoms with Crippen LogP contribution in [0.4, 0.5) is 11.5 Å². The monoisotopic (exact) mass is 269 g/mol. The smallest absolute Gasteiger partial charge is 0.251 e. The van der Waals surface area contributed by atoms with E-state index in [0.717, 1.165) is 4.90 Å². The number of amides is 2. The Labute approximate surface area is 108 Å². The highest BCUT2D eigenvalue weighted by Crippen LogP contribution is 2.20. The first-order chi connectivity index (χ1) is 8.49. The van der Waals surface area contributed by atoms with E-state index in [1.165, 1.54) is 13.2 Å². The van der Waals surface area contributed by atoms with Gasteiger partial charge in [0.15, 0.2) is 5.82 Å². The van der Waals surface area contributed by atoms with Crippen molar-refractivity contribution in [2.24, 2.45) is 0 Å². The van der Waals surface area contributed by atoms with Crippen LogP contribution in [0.25, 0.3) is 0 Å². The highest BCUT2D eigenvalue weighted by Gasteiger charge is 2.32. The van der Waals surface area contributed by atoms with E-state index in [1.54, 1.807) is 0 Å². The van der Waals surface area contributed by atoms with Crippen LogP contribution in [0.15, 0.2) is 6.20 Å². The zero-order valence-corrected chi connectivity index (χ0v) is 10.4. The first-order valence-corrected chi connectivity index (χ1v) is 5.72. The Bertz CT molecular complexity index is 507. The molecular formula is C10H12ClN5O2. The van der Waals surface area contributed by atoms with E-state index in [9.17, 15) is 9.59 Å². The van der Waals surface area contributed by atoms with Gasteiger partial charge in [0.2, 0.25) is 11.2 Å². The summed E-state index contributed by atoms with van der Waals surface area (Å²) in [5.41, 5.74) is 5.97. The molecule has 2 rings (SSSR count). The number of nitrogens with one attached hydrogen (secondary N) is 1. The van der Waals surface area contributed by atoms with Crippen molar-refractivity contribution in [2.75, 3.05) is 18.1 Å². The van der Waals surface area contributed by atoms with E-state index in [-0.39, 0.29) is 17.1 Å². The van der Waals surface area contributed by atoms with Gasteiger partial charge >= 0.3 is 0 Å². The zero-order valence-electron chi connectivity index (χ0n) is 9.68. The lowest BCUT2D eigenvalue weighted by Crippen LogP contribution is -2.48. The quantitative estimate of drug-likeness (QED) is 0.590. The Hall–Kier alpha value is -1.89. The summed E-state index contributed by atoms with van der Waals surface area (Å²) in [6.45, 7) is 0. The Balaban J connectivity index is 2.16. The van der Waals surface area contributed by atoms with Crippen LogP contribution in [0.5, 0.6) is 0 Å². The summed E-state index contributed by atoms with van der Waals surface area (Å²) in [4.78, 5) is 31.9. The minimum absolute atomic E-state index is 0.0411. The summed E-state index contributed by atoms with van der Waals surface area (Å²) in [5, 5.41) is 2.93. The van der Waals surface area contributed by atoms with E-state index in [1.807, 2.05) is 0 Å². The largest absolute Gasteiger partial charge is 0.394 e. The summed E-state index contributed by atoms with van der Waals surface area (Å²) in [6.07, 6.45) is 2.07.